The lowest BCUT2D eigenvalue weighted by Crippen LogP contribution is -2.23. The SMILES string of the molecule is O=C(Nc1c(Cl)cncc1Cl)C(=O)c1cn(Cc2ccc(Cl)cc2)c2ncccc12. The molecule has 6 nitrogen and oxygen atoms in total. The Morgan fingerprint density at radius 1 is 1.00 bits per heavy atom. The second kappa shape index (κ2) is 8.44. The summed E-state index contributed by atoms with van der Waals surface area (Å²) in [4.78, 5) is 33.7. The quantitative estimate of drug-likeness (QED) is 0.326. The van der Waals surface area contributed by atoms with Gasteiger partial charge in [-0.05, 0) is 29.8 Å². The van der Waals surface area contributed by atoms with Gasteiger partial charge in [0.1, 0.15) is 5.65 Å². The molecule has 1 N–H and O–H groups in total. The van der Waals surface area contributed by atoms with Gasteiger partial charge in [0, 0.05) is 41.7 Å². The van der Waals surface area contributed by atoms with Crippen molar-refractivity contribution in [3.05, 3.63) is 87.4 Å². The van der Waals surface area contributed by atoms with Crippen LogP contribution in [0.2, 0.25) is 15.1 Å². The molecule has 30 heavy (non-hydrogen) atoms. The normalized spacial score (nSPS) is 10.9. The van der Waals surface area contributed by atoms with Crippen molar-refractivity contribution in [1.29, 1.82) is 0 Å². The third-order valence-electron chi connectivity index (χ3n) is 4.44. The van der Waals surface area contributed by atoms with Crippen LogP contribution in [-0.2, 0) is 11.3 Å². The van der Waals surface area contributed by atoms with Crippen LogP contribution in [0.15, 0.2) is 61.2 Å². The van der Waals surface area contributed by atoms with Crippen molar-refractivity contribution in [2.45, 2.75) is 6.54 Å². The van der Waals surface area contributed by atoms with Crippen LogP contribution < -0.4 is 5.32 Å². The van der Waals surface area contributed by atoms with Crippen LogP contribution in [0, 0.1) is 0 Å². The standard InChI is InChI=1S/C21H13Cl3N4O2/c22-13-5-3-12(4-6-13)10-28-11-15(14-2-1-7-26-20(14)28)19(29)21(30)27-18-16(23)8-25-9-17(18)24/h1-9,11H,10H2,(H,25,27,30). The van der Waals surface area contributed by atoms with Crippen molar-refractivity contribution >= 4 is 63.2 Å². The van der Waals surface area contributed by atoms with Gasteiger partial charge >= 0.3 is 0 Å². The zero-order chi connectivity index (χ0) is 21.3. The molecule has 0 spiro atoms. The van der Waals surface area contributed by atoms with Gasteiger partial charge in [0.25, 0.3) is 11.7 Å². The maximum absolute atomic E-state index is 12.9. The Balaban J connectivity index is 1.67. The fourth-order valence-corrected chi connectivity index (χ4v) is 3.62. The average Bonchev–Trinajstić information content (AvgIpc) is 3.10. The number of hydrogen-bond donors (Lipinski definition) is 1. The third kappa shape index (κ3) is 4.03. The number of pyridine rings is 2. The molecule has 3 aromatic heterocycles. The van der Waals surface area contributed by atoms with Gasteiger partial charge < -0.3 is 9.88 Å². The third-order valence-corrected chi connectivity index (χ3v) is 5.27. The molecule has 0 saturated heterocycles. The van der Waals surface area contributed by atoms with Gasteiger partial charge in [-0.3, -0.25) is 14.6 Å². The van der Waals surface area contributed by atoms with E-state index in [2.05, 4.69) is 15.3 Å². The van der Waals surface area contributed by atoms with E-state index >= 15 is 0 Å². The van der Waals surface area contributed by atoms with Crippen LogP contribution in [0.3, 0.4) is 0 Å². The summed E-state index contributed by atoms with van der Waals surface area (Å²) in [6.45, 7) is 0.460. The summed E-state index contributed by atoms with van der Waals surface area (Å²) in [6.07, 6.45) is 5.90. The Labute approximate surface area is 186 Å². The first-order chi connectivity index (χ1) is 14.4. The number of halogens is 3. The molecule has 0 saturated carbocycles. The van der Waals surface area contributed by atoms with E-state index in [0.717, 1.165) is 5.56 Å². The van der Waals surface area contributed by atoms with Gasteiger partial charge in [-0.1, -0.05) is 46.9 Å². The molecule has 1 amide bonds. The van der Waals surface area contributed by atoms with Gasteiger partial charge in [-0.25, -0.2) is 4.98 Å². The average molecular weight is 460 g/mol. The van der Waals surface area contributed by atoms with E-state index in [9.17, 15) is 9.59 Å². The highest BCUT2D eigenvalue weighted by Gasteiger charge is 2.23. The highest BCUT2D eigenvalue weighted by molar-refractivity contribution is 6.50. The minimum Gasteiger partial charge on any atom is -0.327 e. The summed E-state index contributed by atoms with van der Waals surface area (Å²) in [5.74, 6) is -1.59. The van der Waals surface area contributed by atoms with E-state index in [1.807, 2.05) is 16.7 Å². The number of fused-ring (bicyclic) bond motifs is 1. The summed E-state index contributed by atoms with van der Waals surface area (Å²) in [5, 5.41) is 3.94. The van der Waals surface area contributed by atoms with Gasteiger partial charge in [0.15, 0.2) is 0 Å². The maximum atomic E-state index is 12.9. The molecule has 0 unspecified atom stereocenters. The van der Waals surface area contributed by atoms with E-state index < -0.39 is 11.7 Å². The molecular weight excluding hydrogens is 447 g/mol. The number of amides is 1. The summed E-state index contributed by atoms with van der Waals surface area (Å²) in [6, 6.07) is 10.8. The van der Waals surface area contributed by atoms with Crippen LogP contribution in [-0.4, -0.2) is 26.2 Å². The van der Waals surface area contributed by atoms with Gasteiger partial charge in [0.05, 0.1) is 21.3 Å². The molecule has 0 aliphatic rings. The molecule has 3 heterocycles. The highest BCUT2D eigenvalue weighted by Crippen LogP contribution is 2.29. The molecule has 0 bridgehead atoms. The van der Waals surface area contributed by atoms with Crippen LogP contribution >= 0.6 is 34.8 Å². The molecule has 4 rings (SSSR count). The van der Waals surface area contributed by atoms with E-state index in [-0.39, 0.29) is 21.3 Å². The Morgan fingerprint density at radius 2 is 1.70 bits per heavy atom. The van der Waals surface area contributed by atoms with Gasteiger partial charge in [0.2, 0.25) is 0 Å². The predicted molar refractivity (Wildman–Crippen MR) is 118 cm³/mol. The molecule has 0 aliphatic carbocycles. The second-order valence-corrected chi connectivity index (χ2v) is 7.68. The number of ketones is 1. The van der Waals surface area contributed by atoms with Crippen molar-refractivity contribution in [2.75, 3.05) is 5.32 Å². The van der Waals surface area contributed by atoms with E-state index in [4.69, 9.17) is 34.8 Å². The first-order valence-electron chi connectivity index (χ1n) is 8.77. The number of aromatic nitrogens is 3. The predicted octanol–water partition coefficient (Wildman–Crippen LogP) is 5.26. The second-order valence-electron chi connectivity index (χ2n) is 6.43. The first kappa shape index (κ1) is 20.3. The lowest BCUT2D eigenvalue weighted by Gasteiger charge is -2.07. The number of carbonyl (C=O) groups excluding carboxylic acids is 2. The summed E-state index contributed by atoms with van der Waals surface area (Å²) >= 11 is 18.0. The minimum atomic E-state index is -0.862. The van der Waals surface area contributed by atoms with Crippen molar-refractivity contribution in [3.63, 3.8) is 0 Å². The first-order valence-corrected chi connectivity index (χ1v) is 9.90. The lowest BCUT2D eigenvalue weighted by molar-refractivity contribution is -0.112. The Kier molecular flexibility index (Phi) is 5.72. The summed E-state index contributed by atoms with van der Waals surface area (Å²) in [5.41, 5.74) is 1.92. The van der Waals surface area contributed by atoms with Crippen LogP contribution in [0.25, 0.3) is 11.0 Å². The summed E-state index contributed by atoms with van der Waals surface area (Å²) in [7, 11) is 0. The molecule has 0 radical (unpaired) electrons. The number of anilines is 1. The molecule has 4 aromatic rings. The molecule has 1 aromatic carbocycles. The largest absolute Gasteiger partial charge is 0.327 e. The lowest BCUT2D eigenvalue weighted by atomic mass is 10.1. The molecular formula is C21H13Cl3N4O2. The van der Waals surface area contributed by atoms with Crippen LogP contribution in [0.4, 0.5) is 5.69 Å². The van der Waals surface area contributed by atoms with Crippen LogP contribution in [0.1, 0.15) is 15.9 Å². The highest BCUT2D eigenvalue weighted by atomic mass is 35.5. The van der Waals surface area contributed by atoms with Crippen molar-refractivity contribution in [2.24, 2.45) is 0 Å². The van der Waals surface area contributed by atoms with Crippen LogP contribution in [0.5, 0.6) is 0 Å². The number of benzene rings is 1. The minimum absolute atomic E-state index is 0.134. The van der Waals surface area contributed by atoms with E-state index in [0.29, 0.717) is 22.6 Å². The Hall–Kier alpha value is -2.93. The summed E-state index contributed by atoms with van der Waals surface area (Å²) < 4.78 is 1.81. The molecule has 0 fully saturated rings. The Bertz CT molecular complexity index is 1250. The number of nitrogens with one attached hydrogen (secondary N) is 1. The maximum Gasteiger partial charge on any atom is 0.296 e. The number of Topliss-reactive ketones (excluding diaryl/α,β-unsaturated/α-hetero) is 1. The monoisotopic (exact) mass is 458 g/mol. The van der Waals surface area contributed by atoms with Crippen molar-refractivity contribution in [3.8, 4) is 0 Å². The number of nitrogens with zero attached hydrogens (tertiary/aromatic N) is 3. The van der Waals surface area contributed by atoms with Gasteiger partial charge in [-0.15, -0.1) is 0 Å². The number of hydrogen-bond acceptors (Lipinski definition) is 4. The van der Waals surface area contributed by atoms with E-state index in [1.165, 1.54) is 12.4 Å². The zero-order valence-electron chi connectivity index (χ0n) is 15.3. The topological polar surface area (TPSA) is 76.9 Å². The fourth-order valence-electron chi connectivity index (χ4n) is 3.03. The number of rotatable bonds is 5. The van der Waals surface area contributed by atoms with Crippen molar-refractivity contribution < 1.29 is 9.59 Å². The zero-order valence-corrected chi connectivity index (χ0v) is 17.5. The van der Waals surface area contributed by atoms with E-state index in [1.54, 1.807) is 36.7 Å². The molecule has 0 atom stereocenters. The smallest absolute Gasteiger partial charge is 0.296 e. The Morgan fingerprint density at radius 3 is 2.40 bits per heavy atom. The fraction of sp³-hybridized carbons (Fsp3) is 0.0476. The molecule has 9 heteroatoms. The van der Waals surface area contributed by atoms with Gasteiger partial charge in [-0.2, -0.15) is 0 Å². The molecule has 0 aliphatic heterocycles. The number of carbonyl (C=O) groups is 2. The van der Waals surface area contributed by atoms with Crippen molar-refractivity contribution in [1.82, 2.24) is 14.5 Å². The molecule has 150 valence electrons.